The molecule has 0 heterocycles. The molecular formula is C17H25NO2. The molecule has 110 valence electrons. The Labute approximate surface area is 121 Å². The van der Waals surface area contributed by atoms with Gasteiger partial charge in [0, 0.05) is 11.7 Å². The number of methoxy groups -OCH3 is 1. The van der Waals surface area contributed by atoms with E-state index in [0.717, 1.165) is 11.3 Å². The summed E-state index contributed by atoms with van der Waals surface area (Å²) in [6.45, 7) is 6.72. The minimum atomic E-state index is -0.279. The van der Waals surface area contributed by atoms with E-state index in [1.54, 1.807) is 0 Å². The predicted molar refractivity (Wildman–Crippen MR) is 82.2 cm³/mol. The lowest BCUT2D eigenvalue weighted by molar-refractivity contribution is 0.0600. The van der Waals surface area contributed by atoms with Crippen molar-refractivity contribution in [2.45, 2.75) is 52.5 Å². The fraction of sp³-hybridized carbons (Fsp3) is 0.588. The highest BCUT2D eigenvalue weighted by molar-refractivity contribution is 5.90. The molecule has 3 nitrogen and oxygen atoms in total. The van der Waals surface area contributed by atoms with Gasteiger partial charge < -0.3 is 10.1 Å². The molecule has 1 N–H and O–H groups in total. The minimum Gasteiger partial charge on any atom is -0.465 e. The van der Waals surface area contributed by atoms with Crippen molar-refractivity contribution in [3.8, 4) is 0 Å². The van der Waals surface area contributed by atoms with Crippen LogP contribution < -0.4 is 5.32 Å². The van der Waals surface area contributed by atoms with E-state index in [1.807, 2.05) is 25.1 Å². The van der Waals surface area contributed by atoms with Gasteiger partial charge in [-0.25, -0.2) is 4.79 Å². The Morgan fingerprint density at radius 2 is 1.95 bits per heavy atom. The van der Waals surface area contributed by atoms with Crippen molar-refractivity contribution in [3.63, 3.8) is 0 Å². The summed E-state index contributed by atoms with van der Waals surface area (Å²) in [4.78, 5) is 11.5. The van der Waals surface area contributed by atoms with Crippen LogP contribution in [-0.2, 0) is 4.74 Å². The molecule has 0 aromatic heterocycles. The van der Waals surface area contributed by atoms with Gasteiger partial charge in [0.15, 0.2) is 0 Å². The second-order valence-electron chi connectivity index (χ2n) is 6.60. The van der Waals surface area contributed by atoms with Gasteiger partial charge in [-0.3, -0.25) is 0 Å². The zero-order chi connectivity index (χ0) is 14.8. The molecule has 1 aliphatic carbocycles. The molecule has 0 bridgehead atoms. The van der Waals surface area contributed by atoms with E-state index < -0.39 is 0 Å². The molecular weight excluding hydrogens is 250 g/mol. The Bertz CT molecular complexity index is 484. The van der Waals surface area contributed by atoms with Crippen LogP contribution in [-0.4, -0.2) is 19.1 Å². The summed E-state index contributed by atoms with van der Waals surface area (Å²) in [5.41, 5.74) is 3.32. The summed E-state index contributed by atoms with van der Waals surface area (Å²) in [7, 11) is 1.41. The van der Waals surface area contributed by atoms with Crippen LogP contribution in [0.25, 0.3) is 0 Å². The van der Waals surface area contributed by atoms with Crippen molar-refractivity contribution >= 4 is 11.7 Å². The molecule has 0 saturated heterocycles. The quantitative estimate of drug-likeness (QED) is 0.842. The number of nitrogens with one attached hydrogen (secondary N) is 1. The third-order valence-corrected chi connectivity index (χ3v) is 4.35. The molecule has 3 heteroatoms. The van der Waals surface area contributed by atoms with Crippen molar-refractivity contribution in [2.75, 3.05) is 12.4 Å². The molecule has 1 aromatic carbocycles. The first-order chi connectivity index (χ1) is 9.41. The minimum absolute atomic E-state index is 0.279. The highest BCUT2D eigenvalue weighted by Gasteiger charge is 2.26. The van der Waals surface area contributed by atoms with Crippen molar-refractivity contribution in [1.29, 1.82) is 0 Å². The van der Waals surface area contributed by atoms with Crippen LogP contribution in [0.1, 0.15) is 55.5 Å². The maximum atomic E-state index is 11.5. The average molecular weight is 275 g/mol. The number of hydrogen-bond acceptors (Lipinski definition) is 3. The monoisotopic (exact) mass is 275 g/mol. The summed E-state index contributed by atoms with van der Waals surface area (Å²) in [5.74, 6) is -0.279. The summed E-state index contributed by atoms with van der Waals surface area (Å²) >= 11 is 0. The van der Waals surface area contributed by atoms with E-state index in [9.17, 15) is 4.79 Å². The van der Waals surface area contributed by atoms with Gasteiger partial charge in [0.05, 0.1) is 12.7 Å². The lowest BCUT2D eigenvalue weighted by atomic mass is 9.75. The molecule has 0 aliphatic heterocycles. The number of benzene rings is 1. The largest absolute Gasteiger partial charge is 0.465 e. The van der Waals surface area contributed by atoms with Crippen LogP contribution in [0.5, 0.6) is 0 Å². The van der Waals surface area contributed by atoms with E-state index in [1.165, 1.54) is 32.8 Å². The highest BCUT2D eigenvalue weighted by Crippen LogP contribution is 2.36. The average Bonchev–Trinajstić information content (AvgIpc) is 2.42. The first-order valence-electron chi connectivity index (χ1n) is 7.37. The van der Waals surface area contributed by atoms with Gasteiger partial charge >= 0.3 is 5.97 Å². The molecule has 1 saturated carbocycles. The van der Waals surface area contributed by atoms with Gasteiger partial charge in [-0.15, -0.1) is 0 Å². The van der Waals surface area contributed by atoms with Gasteiger partial charge in [-0.05, 0) is 61.8 Å². The second-order valence-corrected chi connectivity index (χ2v) is 6.60. The summed E-state index contributed by atoms with van der Waals surface area (Å²) < 4.78 is 4.74. The Hall–Kier alpha value is -1.51. The molecule has 20 heavy (non-hydrogen) atoms. The Morgan fingerprint density at radius 3 is 2.50 bits per heavy atom. The zero-order valence-electron chi connectivity index (χ0n) is 13.0. The van der Waals surface area contributed by atoms with E-state index in [0.29, 0.717) is 17.0 Å². The zero-order valence-corrected chi connectivity index (χ0v) is 13.0. The number of anilines is 1. The topological polar surface area (TPSA) is 38.3 Å². The van der Waals surface area contributed by atoms with Gasteiger partial charge in [0.1, 0.15) is 0 Å². The number of hydrogen-bond donors (Lipinski definition) is 1. The lowest BCUT2D eigenvalue weighted by Gasteiger charge is -2.35. The first kappa shape index (κ1) is 14.9. The van der Waals surface area contributed by atoms with E-state index in [2.05, 4.69) is 19.2 Å². The van der Waals surface area contributed by atoms with Crippen LogP contribution in [0.2, 0.25) is 0 Å². The van der Waals surface area contributed by atoms with Crippen molar-refractivity contribution in [2.24, 2.45) is 5.41 Å². The van der Waals surface area contributed by atoms with Crippen molar-refractivity contribution in [3.05, 3.63) is 29.3 Å². The smallest absolute Gasteiger partial charge is 0.337 e. The molecule has 2 rings (SSSR count). The standard InChI is InChI=1S/C17H25NO2/c1-12-11-13(16(19)20-4)5-6-15(12)18-14-7-9-17(2,3)10-8-14/h5-6,11,14,18H,7-10H2,1-4H3. The number of esters is 1. The normalized spacial score (nSPS) is 18.6. The van der Waals surface area contributed by atoms with Crippen LogP contribution >= 0.6 is 0 Å². The predicted octanol–water partition coefficient (Wildman–Crippen LogP) is 4.16. The third kappa shape index (κ3) is 3.53. The summed E-state index contributed by atoms with van der Waals surface area (Å²) in [6.07, 6.45) is 4.96. The Morgan fingerprint density at radius 1 is 1.30 bits per heavy atom. The summed E-state index contributed by atoms with van der Waals surface area (Å²) in [6, 6.07) is 6.25. The van der Waals surface area contributed by atoms with E-state index in [4.69, 9.17) is 4.74 Å². The van der Waals surface area contributed by atoms with Gasteiger partial charge in [-0.2, -0.15) is 0 Å². The second kappa shape index (κ2) is 5.86. The molecule has 0 unspecified atom stereocenters. The summed E-state index contributed by atoms with van der Waals surface area (Å²) in [5, 5.41) is 3.62. The van der Waals surface area contributed by atoms with Crippen molar-refractivity contribution in [1.82, 2.24) is 0 Å². The number of carbonyl (C=O) groups excluding carboxylic acids is 1. The highest BCUT2D eigenvalue weighted by atomic mass is 16.5. The molecule has 0 radical (unpaired) electrons. The maximum Gasteiger partial charge on any atom is 0.337 e. The van der Waals surface area contributed by atoms with Gasteiger partial charge in [-0.1, -0.05) is 13.8 Å². The molecule has 0 amide bonds. The van der Waals surface area contributed by atoms with Crippen LogP contribution in [0.15, 0.2) is 18.2 Å². The van der Waals surface area contributed by atoms with Crippen LogP contribution in [0, 0.1) is 12.3 Å². The Balaban J connectivity index is 2.02. The van der Waals surface area contributed by atoms with E-state index >= 15 is 0 Å². The number of carbonyl (C=O) groups is 1. The molecule has 0 atom stereocenters. The third-order valence-electron chi connectivity index (χ3n) is 4.35. The van der Waals surface area contributed by atoms with E-state index in [-0.39, 0.29) is 5.97 Å². The fourth-order valence-electron chi connectivity index (χ4n) is 2.83. The molecule has 1 aromatic rings. The Kier molecular flexibility index (Phi) is 4.36. The molecule has 0 spiro atoms. The first-order valence-corrected chi connectivity index (χ1v) is 7.37. The number of ether oxygens (including phenoxy) is 1. The molecule has 1 aliphatic rings. The lowest BCUT2D eigenvalue weighted by Crippen LogP contribution is -2.30. The van der Waals surface area contributed by atoms with Gasteiger partial charge in [0.25, 0.3) is 0 Å². The maximum absolute atomic E-state index is 11.5. The molecule has 1 fully saturated rings. The van der Waals surface area contributed by atoms with Crippen molar-refractivity contribution < 1.29 is 9.53 Å². The fourth-order valence-corrected chi connectivity index (χ4v) is 2.83. The van der Waals surface area contributed by atoms with Crippen LogP contribution in [0.3, 0.4) is 0 Å². The number of aryl methyl sites for hydroxylation is 1. The van der Waals surface area contributed by atoms with Gasteiger partial charge in [0.2, 0.25) is 0 Å². The van der Waals surface area contributed by atoms with Crippen LogP contribution in [0.4, 0.5) is 5.69 Å². The number of rotatable bonds is 3. The SMILES string of the molecule is COC(=O)c1ccc(NC2CCC(C)(C)CC2)c(C)c1.